The van der Waals surface area contributed by atoms with E-state index in [4.69, 9.17) is 14.2 Å². The number of esters is 3. The fourth-order valence-corrected chi connectivity index (χ4v) is 4.64. The lowest BCUT2D eigenvalue weighted by molar-refractivity contribution is -0.167. The van der Waals surface area contributed by atoms with Crippen molar-refractivity contribution in [1.82, 2.24) is 0 Å². The Hall–Kier alpha value is -4.19. The van der Waals surface area contributed by atoms with Crippen LogP contribution in [0, 0.1) is 0 Å². The summed E-state index contributed by atoms with van der Waals surface area (Å²) in [7, 11) is 0. The van der Waals surface area contributed by atoms with Crippen molar-refractivity contribution in [2.45, 2.75) is 142 Å². The van der Waals surface area contributed by atoms with E-state index in [1.54, 1.807) is 0 Å². The molecule has 0 saturated carbocycles. The Morgan fingerprint density at radius 3 is 1.34 bits per heavy atom. The monoisotopic (exact) mass is 731 g/mol. The lowest BCUT2D eigenvalue weighted by Gasteiger charge is -2.18. The molecule has 0 aromatic heterocycles. The number of allylic oxidation sites excluding steroid dienone is 20. The molecule has 0 bridgehead atoms. The Morgan fingerprint density at radius 1 is 0.396 bits per heavy atom. The van der Waals surface area contributed by atoms with Crippen LogP contribution in [0.25, 0.3) is 0 Å². The van der Waals surface area contributed by atoms with Crippen LogP contribution in [0.2, 0.25) is 0 Å². The van der Waals surface area contributed by atoms with E-state index < -0.39 is 12.1 Å². The summed E-state index contributed by atoms with van der Waals surface area (Å²) in [6.45, 7) is 6.08. The van der Waals surface area contributed by atoms with Crippen LogP contribution in [0.4, 0.5) is 0 Å². The SMILES string of the molecule is CC\C=C/C=C\C=C/C=C\C=C/CCCCCC(=O)OCC(COC(=O)CCCC/C=C\C/C=C\CC)OC(=O)CCC/C=C\C/C=C\C/C=C\CC. The van der Waals surface area contributed by atoms with Gasteiger partial charge in [-0.25, -0.2) is 0 Å². The molecule has 0 aliphatic carbocycles. The van der Waals surface area contributed by atoms with E-state index in [1.165, 1.54) is 0 Å². The van der Waals surface area contributed by atoms with Gasteiger partial charge >= 0.3 is 17.9 Å². The highest BCUT2D eigenvalue weighted by Gasteiger charge is 2.19. The standard InChI is InChI=1S/C47H70O6/c1-4-7-10-13-16-19-21-22-23-24-26-28-31-34-37-40-46(49)52-43-44(42-51-45(48)39-36-33-30-27-18-15-12-9-6-3)53-47(50)41-38-35-32-29-25-20-17-14-11-8-5-2/h7-13,16-24,26-27,29,32,44H,4-6,14-15,25,28,30-31,33-43H2,1-3H3/b10-7-,11-8-,12-9-,16-13-,20-17-,21-19-,23-22-,26-24-,27-18-,32-29-. The van der Waals surface area contributed by atoms with Gasteiger partial charge in [0.15, 0.2) is 6.10 Å². The summed E-state index contributed by atoms with van der Waals surface area (Å²) < 4.78 is 16.5. The zero-order chi connectivity index (χ0) is 38.7. The molecule has 6 nitrogen and oxygen atoms in total. The minimum Gasteiger partial charge on any atom is -0.462 e. The molecule has 0 aromatic rings. The van der Waals surface area contributed by atoms with Crippen molar-refractivity contribution >= 4 is 17.9 Å². The summed E-state index contributed by atoms with van der Waals surface area (Å²) in [4.78, 5) is 37.5. The highest BCUT2D eigenvalue weighted by Crippen LogP contribution is 2.09. The maximum absolute atomic E-state index is 12.6. The first-order chi connectivity index (χ1) is 26.0. The van der Waals surface area contributed by atoms with Gasteiger partial charge in [0, 0.05) is 19.3 Å². The lowest BCUT2D eigenvalue weighted by atomic mass is 10.1. The van der Waals surface area contributed by atoms with E-state index in [2.05, 4.69) is 93.7 Å². The number of carbonyl (C=O) groups excluding carboxylic acids is 3. The maximum Gasteiger partial charge on any atom is 0.306 e. The zero-order valence-corrected chi connectivity index (χ0v) is 33.2. The van der Waals surface area contributed by atoms with Crippen LogP contribution in [0.3, 0.4) is 0 Å². The third kappa shape index (κ3) is 38.9. The van der Waals surface area contributed by atoms with Crippen LogP contribution in [0.5, 0.6) is 0 Å². The van der Waals surface area contributed by atoms with Crippen molar-refractivity contribution in [2.24, 2.45) is 0 Å². The second-order valence-corrected chi connectivity index (χ2v) is 12.5. The maximum atomic E-state index is 12.6. The molecule has 0 rings (SSSR count). The molecule has 6 heteroatoms. The van der Waals surface area contributed by atoms with Gasteiger partial charge in [0.2, 0.25) is 0 Å². The molecule has 0 aromatic carbocycles. The molecule has 1 unspecified atom stereocenters. The van der Waals surface area contributed by atoms with E-state index in [9.17, 15) is 14.4 Å². The molecule has 0 aliphatic rings. The van der Waals surface area contributed by atoms with Gasteiger partial charge in [-0.2, -0.15) is 0 Å². The van der Waals surface area contributed by atoms with Gasteiger partial charge in [-0.15, -0.1) is 0 Å². The fraction of sp³-hybridized carbons (Fsp3) is 0.511. The first kappa shape index (κ1) is 48.8. The van der Waals surface area contributed by atoms with Crippen LogP contribution < -0.4 is 0 Å². The van der Waals surface area contributed by atoms with Gasteiger partial charge in [0.25, 0.3) is 0 Å². The molecule has 0 spiro atoms. The molecule has 0 N–H and O–H groups in total. The quantitative estimate of drug-likeness (QED) is 0.0220. The summed E-state index contributed by atoms with van der Waals surface area (Å²) in [5.41, 5.74) is 0. The Balaban J connectivity index is 4.59. The van der Waals surface area contributed by atoms with E-state index in [-0.39, 0.29) is 44.4 Å². The van der Waals surface area contributed by atoms with Crippen LogP contribution in [0.15, 0.2) is 122 Å². The lowest BCUT2D eigenvalue weighted by Crippen LogP contribution is -2.30. The number of unbranched alkanes of at least 4 members (excludes halogenated alkanes) is 6. The average molecular weight is 731 g/mol. The van der Waals surface area contributed by atoms with E-state index in [0.29, 0.717) is 19.3 Å². The molecule has 0 radical (unpaired) electrons. The molecule has 1 atom stereocenters. The number of hydrogen-bond acceptors (Lipinski definition) is 6. The molecule has 0 aliphatic heterocycles. The molecule has 0 amide bonds. The van der Waals surface area contributed by atoms with Crippen LogP contribution in [-0.2, 0) is 28.6 Å². The predicted octanol–water partition coefficient (Wildman–Crippen LogP) is 12.6. The summed E-state index contributed by atoms with van der Waals surface area (Å²) in [6, 6.07) is 0. The van der Waals surface area contributed by atoms with Crippen molar-refractivity contribution in [1.29, 1.82) is 0 Å². The van der Waals surface area contributed by atoms with Crippen molar-refractivity contribution in [2.75, 3.05) is 13.2 Å². The van der Waals surface area contributed by atoms with Crippen molar-refractivity contribution in [3.05, 3.63) is 122 Å². The second-order valence-electron chi connectivity index (χ2n) is 12.5. The van der Waals surface area contributed by atoms with E-state index in [0.717, 1.165) is 77.0 Å². The molecule has 0 saturated heterocycles. The first-order valence-corrected chi connectivity index (χ1v) is 20.1. The summed E-state index contributed by atoms with van der Waals surface area (Å²) in [5, 5.41) is 0. The average Bonchev–Trinajstić information content (AvgIpc) is 3.15. The fourth-order valence-electron chi connectivity index (χ4n) is 4.64. The van der Waals surface area contributed by atoms with Crippen LogP contribution >= 0.6 is 0 Å². The number of ether oxygens (including phenoxy) is 3. The minimum absolute atomic E-state index is 0.134. The normalized spacial score (nSPS) is 13.3. The van der Waals surface area contributed by atoms with Gasteiger partial charge in [0.1, 0.15) is 13.2 Å². The van der Waals surface area contributed by atoms with Crippen molar-refractivity contribution in [3.63, 3.8) is 0 Å². The zero-order valence-electron chi connectivity index (χ0n) is 33.2. The third-order valence-corrected chi connectivity index (χ3v) is 7.57. The van der Waals surface area contributed by atoms with Gasteiger partial charge < -0.3 is 14.2 Å². The van der Waals surface area contributed by atoms with Gasteiger partial charge in [-0.3, -0.25) is 14.4 Å². The molecule has 53 heavy (non-hydrogen) atoms. The topological polar surface area (TPSA) is 78.9 Å². The van der Waals surface area contributed by atoms with E-state index >= 15 is 0 Å². The van der Waals surface area contributed by atoms with Crippen molar-refractivity contribution < 1.29 is 28.6 Å². The summed E-state index contributed by atoms with van der Waals surface area (Å²) in [5.74, 6) is -1.09. The van der Waals surface area contributed by atoms with Crippen LogP contribution in [0.1, 0.15) is 136 Å². The minimum atomic E-state index is -0.834. The van der Waals surface area contributed by atoms with E-state index in [1.807, 2.05) is 48.6 Å². The third-order valence-electron chi connectivity index (χ3n) is 7.57. The molecule has 0 heterocycles. The Bertz CT molecular complexity index is 1210. The molecular formula is C47H70O6. The highest BCUT2D eigenvalue weighted by atomic mass is 16.6. The van der Waals surface area contributed by atoms with Crippen molar-refractivity contribution in [3.8, 4) is 0 Å². The number of hydrogen-bond donors (Lipinski definition) is 0. The molecular weight excluding hydrogens is 661 g/mol. The Morgan fingerprint density at radius 2 is 0.792 bits per heavy atom. The largest absolute Gasteiger partial charge is 0.462 e. The highest BCUT2D eigenvalue weighted by molar-refractivity contribution is 5.71. The molecule has 0 fully saturated rings. The van der Waals surface area contributed by atoms with Gasteiger partial charge in [-0.1, -0.05) is 149 Å². The van der Waals surface area contributed by atoms with Gasteiger partial charge in [-0.05, 0) is 89.9 Å². The summed E-state index contributed by atoms with van der Waals surface area (Å²) in [6.07, 6.45) is 54.9. The first-order valence-electron chi connectivity index (χ1n) is 20.1. The number of rotatable bonds is 33. The Labute approximate surface area is 322 Å². The predicted molar refractivity (Wildman–Crippen MR) is 223 cm³/mol. The summed E-state index contributed by atoms with van der Waals surface area (Å²) >= 11 is 0. The van der Waals surface area contributed by atoms with Crippen LogP contribution in [-0.4, -0.2) is 37.2 Å². The smallest absolute Gasteiger partial charge is 0.306 e. The molecule has 294 valence electrons. The van der Waals surface area contributed by atoms with Gasteiger partial charge in [0.05, 0.1) is 0 Å². The second kappa shape index (κ2) is 40.6. The Kier molecular flexibility index (Phi) is 37.4. The number of carbonyl (C=O) groups is 3.